The lowest BCUT2D eigenvalue weighted by Gasteiger charge is -2.24. The van der Waals surface area contributed by atoms with E-state index in [2.05, 4.69) is 15.1 Å². The average molecular weight is 423 g/mol. The van der Waals surface area contributed by atoms with Crippen molar-refractivity contribution in [1.82, 2.24) is 19.6 Å². The van der Waals surface area contributed by atoms with Crippen LogP contribution in [0.1, 0.15) is 22.6 Å². The highest BCUT2D eigenvalue weighted by molar-refractivity contribution is 5.95. The molecule has 1 aromatic carbocycles. The molecule has 0 saturated carbocycles. The van der Waals surface area contributed by atoms with Crippen molar-refractivity contribution >= 4 is 17.2 Å². The zero-order valence-corrected chi connectivity index (χ0v) is 16.9. The first kappa shape index (κ1) is 20.4. The first-order valence-electron chi connectivity index (χ1n) is 9.56. The van der Waals surface area contributed by atoms with Gasteiger partial charge in [-0.05, 0) is 38.1 Å². The van der Waals surface area contributed by atoms with E-state index in [1.165, 1.54) is 21.5 Å². The van der Waals surface area contributed by atoms with Gasteiger partial charge in [0.05, 0.1) is 24.3 Å². The number of rotatable bonds is 5. The normalized spacial score (nSPS) is 11.1. The van der Waals surface area contributed by atoms with E-state index in [1.54, 1.807) is 38.2 Å². The number of carbonyl (C=O) groups is 1. The molecule has 3 aromatic heterocycles. The largest absolute Gasteiger partial charge is 0.303 e. The van der Waals surface area contributed by atoms with E-state index in [9.17, 15) is 18.4 Å². The molecule has 0 aliphatic heterocycles. The summed E-state index contributed by atoms with van der Waals surface area (Å²) in [4.78, 5) is 34.8. The van der Waals surface area contributed by atoms with Gasteiger partial charge in [-0.1, -0.05) is 6.07 Å². The van der Waals surface area contributed by atoms with Gasteiger partial charge in [0.1, 0.15) is 11.6 Å². The molecule has 1 amide bonds. The van der Waals surface area contributed by atoms with Gasteiger partial charge in [-0.2, -0.15) is 0 Å². The Kier molecular flexibility index (Phi) is 5.33. The number of halogens is 2. The zero-order valence-electron chi connectivity index (χ0n) is 16.9. The number of nitrogens with zero attached hydrogens (tertiary/aromatic N) is 4. The highest BCUT2D eigenvalue weighted by Gasteiger charge is 2.23. The molecular weight excluding hydrogens is 404 g/mol. The topological polar surface area (TPSA) is 83.4 Å². The molecule has 158 valence electrons. The van der Waals surface area contributed by atoms with Crippen LogP contribution in [-0.4, -0.2) is 25.5 Å². The first-order chi connectivity index (χ1) is 14.8. The number of aromatic nitrogens is 4. The minimum atomic E-state index is -0.846. The average Bonchev–Trinajstić information content (AvgIpc) is 3.10. The van der Waals surface area contributed by atoms with E-state index in [1.807, 2.05) is 0 Å². The molecule has 0 aliphatic carbocycles. The van der Waals surface area contributed by atoms with Gasteiger partial charge in [0.25, 0.3) is 5.56 Å². The van der Waals surface area contributed by atoms with Crippen molar-refractivity contribution < 1.29 is 13.6 Å². The summed E-state index contributed by atoms with van der Waals surface area (Å²) in [6.45, 7) is 3.52. The van der Waals surface area contributed by atoms with Crippen molar-refractivity contribution in [2.75, 3.05) is 4.90 Å². The Morgan fingerprint density at radius 3 is 2.68 bits per heavy atom. The zero-order chi connectivity index (χ0) is 22.1. The molecule has 3 heterocycles. The van der Waals surface area contributed by atoms with Crippen molar-refractivity contribution in [3.8, 4) is 0 Å². The van der Waals surface area contributed by atoms with Crippen LogP contribution >= 0.6 is 0 Å². The second-order valence-corrected chi connectivity index (χ2v) is 7.15. The highest BCUT2D eigenvalue weighted by atomic mass is 19.1. The fourth-order valence-electron chi connectivity index (χ4n) is 3.52. The summed E-state index contributed by atoms with van der Waals surface area (Å²) in [7, 11) is 0. The van der Waals surface area contributed by atoms with Crippen LogP contribution in [0.25, 0.3) is 5.65 Å². The van der Waals surface area contributed by atoms with Gasteiger partial charge in [0.15, 0.2) is 5.65 Å². The number of aryl methyl sites for hydroxylation is 2. The fraction of sp³-hybridized carbons (Fsp3) is 0.182. The number of anilines is 1. The molecule has 4 aromatic rings. The molecule has 1 N–H and O–H groups in total. The highest BCUT2D eigenvalue weighted by Crippen LogP contribution is 2.24. The lowest BCUT2D eigenvalue weighted by Crippen LogP contribution is -2.33. The number of benzene rings is 1. The maximum Gasteiger partial charge on any atom is 0.266 e. The van der Waals surface area contributed by atoms with Crippen LogP contribution in [0.15, 0.2) is 53.5 Å². The maximum atomic E-state index is 14.6. The summed E-state index contributed by atoms with van der Waals surface area (Å²) < 4.78 is 29.5. The third-order valence-corrected chi connectivity index (χ3v) is 5.08. The molecule has 0 radical (unpaired) electrons. The van der Waals surface area contributed by atoms with Crippen LogP contribution in [0, 0.1) is 25.5 Å². The van der Waals surface area contributed by atoms with E-state index in [0.29, 0.717) is 28.3 Å². The molecule has 0 bridgehead atoms. The predicted molar refractivity (Wildman–Crippen MR) is 111 cm³/mol. The molecule has 0 fully saturated rings. The van der Waals surface area contributed by atoms with Gasteiger partial charge in [-0.3, -0.25) is 19.7 Å². The lowest BCUT2D eigenvalue weighted by atomic mass is 10.1. The van der Waals surface area contributed by atoms with Crippen LogP contribution < -0.4 is 10.5 Å². The van der Waals surface area contributed by atoms with E-state index < -0.39 is 17.5 Å². The quantitative estimate of drug-likeness (QED) is 0.535. The van der Waals surface area contributed by atoms with E-state index >= 15 is 0 Å². The molecule has 7 nitrogen and oxygen atoms in total. The summed E-state index contributed by atoms with van der Waals surface area (Å²) in [5.74, 6) is -2.00. The van der Waals surface area contributed by atoms with Gasteiger partial charge in [-0.25, -0.2) is 18.3 Å². The van der Waals surface area contributed by atoms with Crippen molar-refractivity contribution in [3.63, 3.8) is 0 Å². The lowest BCUT2D eigenvalue weighted by molar-refractivity contribution is -0.118. The van der Waals surface area contributed by atoms with Crippen molar-refractivity contribution in [2.24, 2.45) is 0 Å². The number of aromatic amines is 1. The third kappa shape index (κ3) is 4.07. The molecule has 0 unspecified atom stereocenters. The minimum Gasteiger partial charge on any atom is -0.303 e. The van der Waals surface area contributed by atoms with Gasteiger partial charge < -0.3 is 4.90 Å². The summed E-state index contributed by atoms with van der Waals surface area (Å²) in [6.07, 6.45) is 1.48. The van der Waals surface area contributed by atoms with Crippen LogP contribution in [0.5, 0.6) is 0 Å². The molecule has 4 rings (SSSR count). The standard InChI is InChI=1S/C22H19F2N5O2/c1-13-17(14(2)29-20(26-13)11-21(30)27-29)10-22(31)28(12-16-5-3-4-8-25-16)19-7-6-15(23)9-18(19)24/h3-9,11H,10,12H2,1-2H3,(H,27,30). The summed E-state index contributed by atoms with van der Waals surface area (Å²) in [6, 6.07) is 9.66. The Morgan fingerprint density at radius 2 is 1.97 bits per heavy atom. The van der Waals surface area contributed by atoms with Crippen molar-refractivity contribution in [2.45, 2.75) is 26.8 Å². The SMILES string of the molecule is Cc1nc2cc(=O)[nH]n2c(C)c1CC(=O)N(Cc1ccccn1)c1ccc(F)cc1F. The van der Waals surface area contributed by atoms with Gasteiger partial charge in [0.2, 0.25) is 5.91 Å². The van der Waals surface area contributed by atoms with Gasteiger partial charge >= 0.3 is 0 Å². The number of fused-ring (bicyclic) bond motifs is 1. The maximum absolute atomic E-state index is 14.6. The van der Waals surface area contributed by atoms with Crippen LogP contribution in [-0.2, 0) is 17.8 Å². The smallest absolute Gasteiger partial charge is 0.266 e. The van der Waals surface area contributed by atoms with Gasteiger partial charge in [0, 0.05) is 35.3 Å². The van der Waals surface area contributed by atoms with Crippen molar-refractivity contribution in [1.29, 1.82) is 0 Å². The van der Waals surface area contributed by atoms with Crippen LogP contribution in [0.4, 0.5) is 14.5 Å². The third-order valence-electron chi connectivity index (χ3n) is 5.08. The molecule has 9 heteroatoms. The molecule has 0 spiro atoms. The van der Waals surface area contributed by atoms with E-state index in [-0.39, 0.29) is 24.2 Å². The summed E-state index contributed by atoms with van der Waals surface area (Å²) in [5, 5.41) is 2.65. The summed E-state index contributed by atoms with van der Waals surface area (Å²) >= 11 is 0. The Labute approximate surface area is 176 Å². The number of H-pyrrole nitrogens is 1. The molecule has 31 heavy (non-hydrogen) atoms. The summed E-state index contributed by atoms with van der Waals surface area (Å²) in [5.41, 5.74) is 2.50. The second-order valence-electron chi connectivity index (χ2n) is 7.15. The van der Waals surface area contributed by atoms with Crippen molar-refractivity contribution in [3.05, 3.63) is 93.3 Å². The molecule has 0 saturated heterocycles. The number of amides is 1. The predicted octanol–water partition coefficient (Wildman–Crippen LogP) is 3.09. The number of nitrogens with one attached hydrogen (secondary N) is 1. The second kappa shape index (κ2) is 8.10. The number of hydrogen-bond donors (Lipinski definition) is 1. The Bertz CT molecular complexity index is 1330. The van der Waals surface area contributed by atoms with E-state index in [4.69, 9.17) is 0 Å². The number of hydrogen-bond acceptors (Lipinski definition) is 4. The Balaban J connectivity index is 1.74. The monoisotopic (exact) mass is 423 g/mol. The van der Waals surface area contributed by atoms with Crippen LogP contribution in [0.3, 0.4) is 0 Å². The van der Waals surface area contributed by atoms with E-state index in [0.717, 1.165) is 12.1 Å². The Morgan fingerprint density at radius 1 is 1.16 bits per heavy atom. The number of pyridine rings is 1. The first-order valence-corrected chi connectivity index (χ1v) is 9.56. The fourth-order valence-corrected chi connectivity index (χ4v) is 3.52. The molecule has 0 atom stereocenters. The van der Waals surface area contributed by atoms with Gasteiger partial charge in [-0.15, -0.1) is 0 Å². The number of carbonyl (C=O) groups excluding carboxylic acids is 1. The van der Waals surface area contributed by atoms with Crippen LogP contribution in [0.2, 0.25) is 0 Å². The molecular formula is C22H19F2N5O2. The minimum absolute atomic E-state index is 0.0103. The Hall–Kier alpha value is -3.88. The molecule has 0 aliphatic rings.